The van der Waals surface area contributed by atoms with Crippen LogP contribution in [0.3, 0.4) is 0 Å². The van der Waals surface area contributed by atoms with Crippen molar-refractivity contribution in [3.05, 3.63) is 12.2 Å². The molecule has 1 amide bonds. The molecule has 0 bridgehead atoms. The highest BCUT2D eigenvalue weighted by atomic mass is 16.2. The Morgan fingerprint density at radius 3 is 2.00 bits per heavy atom. The second kappa shape index (κ2) is 7.61. The van der Waals surface area contributed by atoms with Crippen LogP contribution in [0.5, 0.6) is 0 Å². The third kappa shape index (κ3) is 6.78. The van der Waals surface area contributed by atoms with Gasteiger partial charge >= 0.3 is 5.91 Å². The fourth-order valence-corrected chi connectivity index (χ4v) is 1.70. The lowest BCUT2D eigenvalue weighted by Crippen LogP contribution is -2.41. The maximum absolute atomic E-state index is 11.8. The van der Waals surface area contributed by atoms with Gasteiger partial charge in [-0.15, -0.1) is 0 Å². The van der Waals surface area contributed by atoms with Gasteiger partial charge in [-0.2, -0.15) is 0 Å². The van der Waals surface area contributed by atoms with Gasteiger partial charge in [0.2, 0.25) is 0 Å². The summed E-state index contributed by atoms with van der Waals surface area (Å²) in [6.45, 7) is 6.11. The van der Waals surface area contributed by atoms with Gasteiger partial charge in [-0.05, 0) is 12.8 Å². The second-order valence-electron chi connectivity index (χ2n) is 5.44. The summed E-state index contributed by atoms with van der Waals surface area (Å²) in [5.74, 6) is 0.161. The zero-order valence-electron chi connectivity index (χ0n) is 11.5. The van der Waals surface area contributed by atoms with Crippen LogP contribution in [0, 0.1) is 0 Å². The lowest BCUT2D eigenvalue weighted by Gasteiger charge is -2.21. The van der Waals surface area contributed by atoms with Gasteiger partial charge in [-0.1, -0.05) is 45.6 Å². The Hall–Kier alpha value is -0.630. The highest BCUT2D eigenvalue weighted by Gasteiger charge is 2.22. The Kier molecular flexibility index (Phi) is 7.31. The van der Waals surface area contributed by atoms with E-state index in [0.717, 1.165) is 18.4 Å². The maximum Gasteiger partial charge on any atom is 0.340 e. The maximum atomic E-state index is 11.8. The number of nitrogens with zero attached hydrogens (tertiary/aromatic N) is 1. The summed E-state index contributed by atoms with van der Waals surface area (Å²) in [6, 6.07) is 0. The van der Waals surface area contributed by atoms with Crippen LogP contribution >= 0.6 is 0 Å². The first kappa shape index (κ1) is 15.4. The van der Waals surface area contributed by atoms with Crippen molar-refractivity contribution in [3.8, 4) is 0 Å². The molecule has 0 rings (SSSR count). The number of amides is 1. The number of carbonyl (C=O) groups is 1. The second-order valence-corrected chi connectivity index (χ2v) is 5.44. The molecule has 0 N–H and O–H groups in total. The lowest BCUT2D eigenvalue weighted by atomic mass is 10.1. The van der Waals surface area contributed by atoms with Gasteiger partial charge in [0.1, 0.15) is 0 Å². The highest BCUT2D eigenvalue weighted by molar-refractivity contribution is 5.86. The van der Waals surface area contributed by atoms with Gasteiger partial charge in [0.05, 0.1) is 21.1 Å². The molecule has 0 heterocycles. The topological polar surface area (TPSA) is 17.1 Å². The number of unbranched alkanes of at least 4 members (excludes halogenated alkanes) is 5. The molecule has 0 atom stereocenters. The Balaban J connectivity index is 3.63. The van der Waals surface area contributed by atoms with Gasteiger partial charge in [0, 0.05) is 5.57 Å². The molecule has 2 heteroatoms. The van der Waals surface area contributed by atoms with Crippen molar-refractivity contribution in [3.63, 3.8) is 0 Å². The summed E-state index contributed by atoms with van der Waals surface area (Å²) in [5, 5.41) is 0. The van der Waals surface area contributed by atoms with E-state index in [0.29, 0.717) is 4.48 Å². The number of likely N-dealkylation sites (N-methyl/N-ethyl adjacent to an activating group) is 1. The molecule has 0 aromatic rings. The van der Waals surface area contributed by atoms with E-state index in [9.17, 15) is 4.79 Å². The summed E-state index contributed by atoms with van der Waals surface area (Å²) in [5.41, 5.74) is 0.781. The molecular formula is C14H28NO+. The fraction of sp³-hybridized carbons (Fsp3) is 0.786. The molecular weight excluding hydrogens is 198 g/mol. The Morgan fingerprint density at radius 1 is 1.00 bits per heavy atom. The smallest absolute Gasteiger partial charge is 0.264 e. The first-order valence-corrected chi connectivity index (χ1v) is 6.43. The molecule has 0 aliphatic rings. The summed E-state index contributed by atoms with van der Waals surface area (Å²) >= 11 is 0. The van der Waals surface area contributed by atoms with E-state index in [1.54, 1.807) is 0 Å². The van der Waals surface area contributed by atoms with E-state index in [-0.39, 0.29) is 5.91 Å². The molecule has 94 valence electrons. The van der Waals surface area contributed by atoms with Gasteiger partial charge in [-0.3, -0.25) is 4.48 Å². The van der Waals surface area contributed by atoms with Gasteiger partial charge in [0.15, 0.2) is 0 Å². The van der Waals surface area contributed by atoms with Crippen LogP contribution in [0.15, 0.2) is 12.2 Å². The minimum Gasteiger partial charge on any atom is -0.264 e. The van der Waals surface area contributed by atoms with Crippen molar-refractivity contribution < 1.29 is 9.28 Å². The minimum atomic E-state index is 0.161. The predicted molar refractivity (Wildman–Crippen MR) is 70.2 cm³/mol. The number of carbonyl (C=O) groups excluding carboxylic acids is 1. The van der Waals surface area contributed by atoms with Crippen molar-refractivity contribution in [2.75, 3.05) is 21.1 Å². The van der Waals surface area contributed by atoms with E-state index in [2.05, 4.69) is 13.5 Å². The summed E-state index contributed by atoms with van der Waals surface area (Å²) in [4.78, 5) is 11.8. The Morgan fingerprint density at radius 2 is 1.50 bits per heavy atom. The van der Waals surface area contributed by atoms with Crippen molar-refractivity contribution in [2.45, 2.75) is 51.9 Å². The standard InChI is InChI=1S/C14H28NO/c1-6-7-8-9-10-11-12-13(2)14(16)15(3,4)5/h2,6-12H2,1,3-5H3/q+1. The number of hydrogen-bond acceptors (Lipinski definition) is 1. The minimum absolute atomic E-state index is 0.161. The largest absolute Gasteiger partial charge is 0.340 e. The zero-order valence-corrected chi connectivity index (χ0v) is 11.5. The summed E-state index contributed by atoms with van der Waals surface area (Å²) in [7, 11) is 5.69. The number of quaternary nitrogens is 1. The van der Waals surface area contributed by atoms with E-state index < -0.39 is 0 Å². The van der Waals surface area contributed by atoms with Gasteiger partial charge in [-0.25, -0.2) is 4.79 Å². The van der Waals surface area contributed by atoms with Crippen LogP contribution in [0.25, 0.3) is 0 Å². The number of hydrogen-bond donors (Lipinski definition) is 0. The van der Waals surface area contributed by atoms with Crippen LogP contribution in [-0.2, 0) is 4.79 Å². The molecule has 0 aromatic carbocycles. The van der Waals surface area contributed by atoms with Gasteiger partial charge in [0.25, 0.3) is 0 Å². The molecule has 0 saturated heterocycles. The van der Waals surface area contributed by atoms with Crippen LogP contribution in [0.1, 0.15) is 51.9 Å². The van der Waals surface area contributed by atoms with E-state index in [4.69, 9.17) is 0 Å². The molecule has 0 fully saturated rings. The van der Waals surface area contributed by atoms with E-state index in [1.807, 2.05) is 21.1 Å². The molecule has 0 radical (unpaired) electrons. The van der Waals surface area contributed by atoms with Crippen molar-refractivity contribution in [1.82, 2.24) is 0 Å². The fourth-order valence-electron chi connectivity index (χ4n) is 1.70. The average Bonchev–Trinajstić information content (AvgIpc) is 2.20. The SMILES string of the molecule is C=C(CCCCCCCC)C(=O)[N+](C)(C)C. The lowest BCUT2D eigenvalue weighted by molar-refractivity contribution is -0.789. The van der Waals surface area contributed by atoms with E-state index >= 15 is 0 Å². The van der Waals surface area contributed by atoms with Crippen LogP contribution in [0.4, 0.5) is 0 Å². The zero-order chi connectivity index (χ0) is 12.6. The molecule has 0 aromatic heterocycles. The monoisotopic (exact) mass is 226 g/mol. The van der Waals surface area contributed by atoms with Crippen LogP contribution < -0.4 is 0 Å². The third-order valence-corrected chi connectivity index (χ3v) is 2.74. The Bertz CT molecular complexity index is 225. The van der Waals surface area contributed by atoms with Crippen molar-refractivity contribution in [1.29, 1.82) is 0 Å². The van der Waals surface area contributed by atoms with Gasteiger partial charge < -0.3 is 0 Å². The quantitative estimate of drug-likeness (QED) is 0.351. The molecule has 0 spiro atoms. The van der Waals surface area contributed by atoms with Crippen LogP contribution in [0.2, 0.25) is 0 Å². The summed E-state index contributed by atoms with van der Waals surface area (Å²) in [6.07, 6.45) is 8.43. The normalized spacial score (nSPS) is 11.5. The Labute approximate surface area is 101 Å². The predicted octanol–water partition coefficient (Wildman–Crippen LogP) is 3.53. The van der Waals surface area contributed by atoms with Crippen molar-refractivity contribution >= 4 is 5.91 Å². The third-order valence-electron chi connectivity index (χ3n) is 2.74. The molecule has 0 unspecified atom stereocenters. The molecule has 2 nitrogen and oxygen atoms in total. The summed E-state index contributed by atoms with van der Waals surface area (Å²) < 4.78 is 0.356. The average molecular weight is 226 g/mol. The number of rotatable bonds is 8. The molecule has 0 aliphatic carbocycles. The van der Waals surface area contributed by atoms with Crippen molar-refractivity contribution in [2.24, 2.45) is 0 Å². The molecule has 16 heavy (non-hydrogen) atoms. The van der Waals surface area contributed by atoms with Crippen LogP contribution in [-0.4, -0.2) is 31.5 Å². The molecule has 0 saturated carbocycles. The first-order valence-electron chi connectivity index (χ1n) is 6.43. The first-order chi connectivity index (χ1) is 7.39. The highest BCUT2D eigenvalue weighted by Crippen LogP contribution is 2.13. The van der Waals surface area contributed by atoms with E-state index in [1.165, 1.54) is 32.1 Å². The molecule has 0 aliphatic heterocycles.